The summed E-state index contributed by atoms with van der Waals surface area (Å²) in [5.41, 5.74) is 2.39. The topological polar surface area (TPSA) is 58.1 Å². The minimum Gasteiger partial charge on any atom is -0.358 e. The number of hydrogen-bond acceptors (Lipinski definition) is 3. The monoisotopic (exact) mass is 437 g/mol. The van der Waals surface area contributed by atoms with E-state index in [1.54, 1.807) is 0 Å². The summed E-state index contributed by atoms with van der Waals surface area (Å²) in [6.07, 6.45) is 3.57. The molecule has 0 spiro atoms. The molecular weight excluding hydrogens is 410 g/mol. The van der Waals surface area contributed by atoms with E-state index in [1.165, 1.54) is 10.1 Å². The Hall–Kier alpha value is -2.79. The molecule has 0 unspecified atom stereocenters. The van der Waals surface area contributed by atoms with E-state index in [1.807, 2.05) is 37.3 Å². The van der Waals surface area contributed by atoms with Crippen LogP contribution in [0.2, 0.25) is 5.02 Å². The Balaban J connectivity index is 1.59. The summed E-state index contributed by atoms with van der Waals surface area (Å²) in [4.78, 5) is 30.9. The molecule has 3 aromatic rings. The Morgan fingerprint density at radius 3 is 2.39 bits per heavy atom. The Bertz CT molecular complexity index is 1150. The normalized spacial score (nSPS) is 14.7. The van der Waals surface area contributed by atoms with Crippen molar-refractivity contribution in [2.24, 2.45) is 5.92 Å². The first kappa shape index (κ1) is 21.4. The third-order valence-electron chi connectivity index (χ3n) is 6.14. The van der Waals surface area contributed by atoms with E-state index in [9.17, 15) is 9.59 Å². The summed E-state index contributed by atoms with van der Waals surface area (Å²) >= 11 is 6.15. The molecule has 0 amide bonds. The number of halogens is 1. The van der Waals surface area contributed by atoms with Crippen molar-refractivity contribution in [1.29, 1.82) is 0 Å². The Morgan fingerprint density at radius 1 is 1.00 bits per heavy atom. The lowest BCUT2D eigenvalue weighted by Gasteiger charge is -2.34. The van der Waals surface area contributed by atoms with Gasteiger partial charge in [0, 0.05) is 31.1 Å². The second-order valence-corrected chi connectivity index (χ2v) is 8.67. The average molecular weight is 438 g/mol. The number of piperidine rings is 1. The quantitative estimate of drug-likeness (QED) is 0.626. The van der Waals surface area contributed by atoms with Crippen LogP contribution in [0.5, 0.6) is 0 Å². The number of H-pyrrole nitrogens is 1. The molecule has 1 aromatic heterocycles. The smallest absolute Gasteiger partial charge is 0.329 e. The van der Waals surface area contributed by atoms with Crippen LogP contribution in [0.3, 0.4) is 0 Å². The average Bonchev–Trinajstić information content (AvgIpc) is 2.77. The summed E-state index contributed by atoms with van der Waals surface area (Å²) in [6, 6.07) is 18.1. The third-order valence-corrected chi connectivity index (χ3v) is 6.38. The zero-order chi connectivity index (χ0) is 21.8. The van der Waals surface area contributed by atoms with Crippen molar-refractivity contribution in [3.05, 3.63) is 97.1 Å². The van der Waals surface area contributed by atoms with Gasteiger partial charge in [-0.05, 0) is 55.4 Å². The minimum absolute atomic E-state index is 0.215. The van der Waals surface area contributed by atoms with Crippen molar-refractivity contribution in [3.8, 4) is 0 Å². The van der Waals surface area contributed by atoms with Gasteiger partial charge >= 0.3 is 5.69 Å². The Morgan fingerprint density at radius 2 is 1.71 bits per heavy atom. The summed E-state index contributed by atoms with van der Waals surface area (Å²) in [6.45, 7) is 3.81. The fourth-order valence-electron chi connectivity index (χ4n) is 4.48. The third kappa shape index (κ3) is 4.93. The van der Waals surface area contributed by atoms with Gasteiger partial charge in [-0.25, -0.2) is 4.79 Å². The van der Waals surface area contributed by atoms with Crippen molar-refractivity contribution >= 4 is 17.4 Å². The van der Waals surface area contributed by atoms with E-state index < -0.39 is 0 Å². The molecule has 2 heterocycles. The first-order chi connectivity index (χ1) is 15.0. The van der Waals surface area contributed by atoms with Crippen LogP contribution in [0, 0.1) is 5.92 Å². The van der Waals surface area contributed by atoms with Gasteiger partial charge in [0.15, 0.2) is 0 Å². The summed E-state index contributed by atoms with van der Waals surface area (Å²) < 4.78 is 1.27. The van der Waals surface area contributed by atoms with Gasteiger partial charge in [0.2, 0.25) is 0 Å². The van der Waals surface area contributed by atoms with E-state index >= 15 is 0 Å². The first-order valence-electron chi connectivity index (χ1n) is 10.9. The lowest BCUT2D eigenvalue weighted by Crippen LogP contribution is -2.42. The van der Waals surface area contributed by atoms with Crippen molar-refractivity contribution in [3.63, 3.8) is 0 Å². The molecule has 4 rings (SSSR count). The minimum atomic E-state index is -0.344. The van der Waals surface area contributed by atoms with E-state index in [0.717, 1.165) is 37.9 Å². The molecule has 0 saturated carbocycles. The van der Waals surface area contributed by atoms with Crippen LogP contribution in [0.25, 0.3) is 0 Å². The highest BCUT2D eigenvalue weighted by molar-refractivity contribution is 6.30. The van der Waals surface area contributed by atoms with Crippen LogP contribution in [-0.4, -0.2) is 22.6 Å². The molecular formula is C25H28ClN3O2. The first-order valence-corrected chi connectivity index (χ1v) is 11.3. The Labute approximate surface area is 187 Å². The van der Waals surface area contributed by atoms with Crippen LogP contribution < -0.4 is 16.1 Å². The van der Waals surface area contributed by atoms with Crippen molar-refractivity contribution in [2.75, 3.05) is 18.0 Å². The van der Waals surface area contributed by atoms with Gasteiger partial charge in [-0.1, -0.05) is 54.1 Å². The lowest BCUT2D eigenvalue weighted by atomic mass is 9.90. The van der Waals surface area contributed by atoms with Crippen molar-refractivity contribution < 1.29 is 0 Å². The predicted octanol–water partition coefficient (Wildman–Crippen LogP) is 4.26. The number of nitrogens with one attached hydrogen (secondary N) is 1. The molecule has 31 heavy (non-hydrogen) atoms. The van der Waals surface area contributed by atoms with Gasteiger partial charge in [0.25, 0.3) is 5.56 Å². The van der Waals surface area contributed by atoms with Gasteiger partial charge in [-0.3, -0.25) is 14.3 Å². The molecule has 2 aromatic carbocycles. The number of aromatic amines is 1. The molecule has 1 N–H and O–H groups in total. The van der Waals surface area contributed by atoms with Crippen LogP contribution >= 0.6 is 11.6 Å². The molecule has 0 aliphatic carbocycles. The zero-order valence-corrected chi connectivity index (χ0v) is 18.6. The molecule has 1 saturated heterocycles. The van der Waals surface area contributed by atoms with Gasteiger partial charge < -0.3 is 4.90 Å². The molecule has 1 aliphatic rings. The summed E-state index contributed by atoms with van der Waals surface area (Å²) in [5.74, 6) is 1.27. The summed E-state index contributed by atoms with van der Waals surface area (Å²) in [5, 5.41) is 0.640. The zero-order valence-electron chi connectivity index (χ0n) is 17.8. The maximum Gasteiger partial charge on any atom is 0.329 e. The van der Waals surface area contributed by atoms with Crippen LogP contribution in [0.15, 0.2) is 64.2 Å². The highest BCUT2D eigenvalue weighted by Gasteiger charge is 2.24. The van der Waals surface area contributed by atoms with Crippen LogP contribution in [0.1, 0.15) is 36.5 Å². The molecule has 0 atom stereocenters. The van der Waals surface area contributed by atoms with Gasteiger partial charge in [-0.2, -0.15) is 0 Å². The SMILES string of the molecule is CCn1c(=O)[nH]c(N2CCC(Cc3ccccc3)CC2)c(Cc2cccc(Cl)c2)c1=O. The van der Waals surface area contributed by atoms with Crippen molar-refractivity contribution in [1.82, 2.24) is 9.55 Å². The molecule has 5 nitrogen and oxygen atoms in total. The Kier molecular flexibility index (Phi) is 6.62. The highest BCUT2D eigenvalue weighted by Crippen LogP contribution is 2.26. The van der Waals surface area contributed by atoms with Gasteiger partial charge in [0.05, 0.1) is 5.56 Å². The molecule has 162 valence electrons. The fraction of sp³-hybridized carbons (Fsp3) is 0.360. The number of nitrogens with zero attached hydrogens (tertiary/aromatic N) is 2. The molecule has 0 radical (unpaired) electrons. The van der Waals surface area contributed by atoms with Gasteiger partial charge in [-0.15, -0.1) is 0 Å². The van der Waals surface area contributed by atoms with Crippen LogP contribution in [0.4, 0.5) is 5.82 Å². The maximum atomic E-state index is 13.2. The predicted molar refractivity (Wildman–Crippen MR) is 126 cm³/mol. The number of hydrogen-bond donors (Lipinski definition) is 1. The lowest BCUT2D eigenvalue weighted by molar-refractivity contribution is 0.401. The number of anilines is 1. The van der Waals surface area contributed by atoms with Gasteiger partial charge in [0.1, 0.15) is 5.82 Å². The van der Waals surface area contributed by atoms with E-state index in [4.69, 9.17) is 11.6 Å². The van der Waals surface area contributed by atoms with Crippen molar-refractivity contribution in [2.45, 2.75) is 39.2 Å². The molecule has 1 aliphatic heterocycles. The van der Waals surface area contributed by atoms with E-state index in [2.05, 4.69) is 34.1 Å². The molecule has 6 heteroatoms. The standard InChI is InChI=1S/C25H28ClN3O2/c1-2-29-24(30)22(17-20-9-6-10-21(26)16-20)23(27-25(29)31)28-13-11-19(12-14-28)15-18-7-4-3-5-8-18/h3-10,16,19H,2,11-15,17H2,1H3,(H,27,31). The fourth-order valence-corrected chi connectivity index (χ4v) is 4.69. The second kappa shape index (κ2) is 9.56. The van der Waals surface area contributed by atoms with Crippen LogP contribution in [-0.2, 0) is 19.4 Å². The van der Waals surface area contributed by atoms with E-state index in [0.29, 0.717) is 35.3 Å². The number of benzene rings is 2. The second-order valence-electron chi connectivity index (χ2n) is 8.23. The highest BCUT2D eigenvalue weighted by atomic mass is 35.5. The number of aromatic nitrogens is 2. The largest absolute Gasteiger partial charge is 0.358 e. The summed E-state index contributed by atoms with van der Waals surface area (Å²) in [7, 11) is 0. The van der Waals surface area contributed by atoms with E-state index in [-0.39, 0.29) is 11.2 Å². The number of rotatable bonds is 6. The molecule has 0 bridgehead atoms. The maximum absolute atomic E-state index is 13.2. The molecule has 1 fully saturated rings.